The molecule has 1 saturated heterocycles. The van der Waals surface area contributed by atoms with Gasteiger partial charge in [-0.1, -0.05) is 5.16 Å². The van der Waals surface area contributed by atoms with Gasteiger partial charge in [-0.3, -0.25) is 9.59 Å². The van der Waals surface area contributed by atoms with Crippen molar-refractivity contribution >= 4 is 11.9 Å². The van der Waals surface area contributed by atoms with E-state index in [2.05, 4.69) is 5.16 Å². The summed E-state index contributed by atoms with van der Waals surface area (Å²) in [4.78, 5) is 25.1. The first-order chi connectivity index (χ1) is 10.1. The van der Waals surface area contributed by atoms with Gasteiger partial charge in [-0.15, -0.1) is 0 Å². The highest BCUT2D eigenvalue weighted by Crippen LogP contribution is 2.39. The van der Waals surface area contributed by atoms with E-state index in [1.54, 1.807) is 11.0 Å². The summed E-state index contributed by atoms with van der Waals surface area (Å²) in [7, 11) is 0. The van der Waals surface area contributed by atoms with Crippen LogP contribution in [0.25, 0.3) is 0 Å². The third kappa shape index (κ3) is 3.25. The Morgan fingerprint density at radius 2 is 2.14 bits per heavy atom. The number of carboxylic acids is 1. The molecule has 1 saturated carbocycles. The molecule has 21 heavy (non-hydrogen) atoms. The molecule has 3 rings (SSSR count). The molecule has 2 aliphatic rings. The van der Waals surface area contributed by atoms with Crippen molar-refractivity contribution in [2.75, 3.05) is 6.54 Å². The highest BCUT2D eigenvalue weighted by Gasteiger charge is 2.32. The number of piperidine rings is 1. The average Bonchev–Trinajstić information content (AvgIpc) is 3.22. The maximum atomic E-state index is 12.6. The van der Waals surface area contributed by atoms with Crippen LogP contribution in [0.3, 0.4) is 0 Å². The standard InChI is InChI=1S/C15H20N2O4/c18-14(19)7-6-11-3-1-2-8-17(11)15(20)13-9-12(16-21-13)10-4-5-10/h9-11H,1-8H2,(H,18,19). The zero-order valence-electron chi connectivity index (χ0n) is 12.0. The van der Waals surface area contributed by atoms with Crippen molar-refractivity contribution in [3.63, 3.8) is 0 Å². The molecule has 114 valence electrons. The van der Waals surface area contributed by atoms with Crippen LogP contribution in [0.5, 0.6) is 0 Å². The lowest BCUT2D eigenvalue weighted by atomic mass is 9.97. The summed E-state index contributed by atoms with van der Waals surface area (Å²) in [6.07, 6.45) is 5.69. The molecule has 1 atom stereocenters. The Morgan fingerprint density at radius 1 is 1.33 bits per heavy atom. The molecule has 2 fully saturated rings. The van der Waals surface area contributed by atoms with Gasteiger partial charge in [-0.25, -0.2) is 0 Å². The molecule has 0 aromatic carbocycles. The zero-order chi connectivity index (χ0) is 14.8. The Hall–Kier alpha value is -1.85. The van der Waals surface area contributed by atoms with Crippen LogP contribution in [0.1, 0.15) is 67.1 Å². The SMILES string of the molecule is O=C(O)CCC1CCCCN1C(=O)c1cc(C2CC2)no1. The first-order valence-electron chi connectivity index (χ1n) is 7.64. The fourth-order valence-corrected chi connectivity index (χ4v) is 2.96. The molecule has 1 aliphatic heterocycles. The number of nitrogens with zero attached hydrogens (tertiary/aromatic N) is 2. The van der Waals surface area contributed by atoms with E-state index in [0.29, 0.717) is 24.6 Å². The minimum atomic E-state index is -0.816. The van der Waals surface area contributed by atoms with Crippen molar-refractivity contribution < 1.29 is 19.2 Å². The summed E-state index contributed by atoms with van der Waals surface area (Å²) in [5.41, 5.74) is 0.873. The average molecular weight is 292 g/mol. The first kappa shape index (κ1) is 14.1. The molecule has 1 aromatic rings. The third-order valence-electron chi connectivity index (χ3n) is 4.31. The lowest BCUT2D eigenvalue weighted by Gasteiger charge is -2.34. The minimum absolute atomic E-state index is 0.00294. The van der Waals surface area contributed by atoms with Crippen molar-refractivity contribution in [3.05, 3.63) is 17.5 Å². The van der Waals surface area contributed by atoms with Gasteiger partial charge in [0.05, 0.1) is 5.69 Å². The predicted octanol–water partition coefficient (Wildman–Crippen LogP) is 2.41. The smallest absolute Gasteiger partial charge is 0.303 e. The molecule has 1 amide bonds. The van der Waals surface area contributed by atoms with E-state index in [1.165, 1.54) is 0 Å². The highest BCUT2D eigenvalue weighted by atomic mass is 16.5. The van der Waals surface area contributed by atoms with Gasteiger partial charge >= 0.3 is 5.97 Å². The lowest BCUT2D eigenvalue weighted by molar-refractivity contribution is -0.137. The van der Waals surface area contributed by atoms with Crippen molar-refractivity contribution in [1.29, 1.82) is 0 Å². The summed E-state index contributed by atoms with van der Waals surface area (Å²) in [5.74, 6) is -0.216. The summed E-state index contributed by atoms with van der Waals surface area (Å²) >= 11 is 0. The second kappa shape index (κ2) is 5.87. The number of carboxylic acid groups (broad SMARTS) is 1. The van der Waals surface area contributed by atoms with Crippen LogP contribution in [0, 0.1) is 0 Å². The quantitative estimate of drug-likeness (QED) is 0.901. The monoisotopic (exact) mass is 292 g/mol. The van der Waals surface area contributed by atoms with Gasteiger partial charge < -0.3 is 14.5 Å². The van der Waals surface area contributed by atoms with Crippen LogP contribution in [0.4, 0.5) is 0 Å². The number of hydrogen-bond acceptors (Lipinski definition) is 4. The van der Waals surface area contributed by atoms with E-state index < -0.39 is 5.97 Å². The molecule has 2 heterocycles. The maximum absolute atomic E-state index is 12.6. The Morgan fingerprint density at radius 3 is 2.86 bits per heavy atom. The van der Waals surface area contributed by atoms with Gasteiger partial charge in [0.15, 0.2) is 0 Å². The van der Waals surface area contributed by atoms with E-state index in [0.717, 1.165) is 37.8 Å². The van der Waals surface area contributed by atoms with E-state index in [-0.39, 0.29) is 18.4 Å². The minimum Gasteiger partial charge on any atom is -0.481 e. The second-order valence-electron chi connectivity index (χ2n) is 5.97. The van der Waals surface area contributed by atoms with Gasteiger partial charge in [0.1, 0.15) is 0 Å². The van der Waals surface area contributed by atoms with Gasteiger partial charge in [0.25, 0.3) is 5.91 Å². The number of amides is 1. The molecule has 6 nitrogen and oxygen atoms in total. The number of rotatable bonds is 5. The molecular weight excluding hydrogens is 272 g/mol. The van der Waals surface area contributed by atoms with E-state index in [4.69, 9.17) is 9.63 Å². The molecule has 0 bridgehead atoms. The summed E-state index contributed by atoms with van der Waals surface area (Å²) in [6.45, 7) is 0.669. The maximum Gasteiger partial charge on any atom is 0.303 e. The fraction of sp³-hybridized carbons (Fsp3) is 0.667. The van der Waals surface area contributed by atoms with Crippen LogP contribution in [0.2, 0.25) is 0 Å². The Labute approximate surface area is 123 Å². The molecule has 0 spiro atoms. The lowest BCUT2D eigenvalue weighted by Crippen LogP contribution is -2.43. The number of aromatic nitrogens is 1. The molecule has 6 heteroatoms. The molecule has 1 unspecified atom stereocenters. The Bertz CT molecular complexity index is 536. The van der Waals surface area contributed by atoms with Crippen LogP contribution in [-0.2, 0) is 4.79 Å². The van der Waals surface area contributed by atoms with Gasteiger partial charge in [-0.2, -0.15) is 0 Å². The van der Waals surface area contributed by atoms with E-state index >= 15 is 0 Å². The van der Waals surface area contributed by atoms with Gasteiger partial charge in [0, 0.05) is 31.0 Å². The largest absolute Gasteiger partial charge is 0.481 e. The first-order valence-corrected chi connectivity index (χ1v) is 7.64. The second-order valence-corrected chi connectivity index (χ2v) is 5.97. The third-order valence-corrected chi connectivity index (χ3v) is 4.31. The van der Waals surface area contributed by atoms with Crippen LogP contribution in [-0.4, -0.2) is 39.6 Å². The van der Waals surface area contributed by atoms with E-state index in [1.807, 2.05) is 0 Å². The Kier molecular flexibility index (Phi) is 3.94. The molecular formula is C15H20N2O4. The predicted molar refractivity (Wildman–Crippen MR) is 74.0 cm³/mol. The van der Waals surface area contributed by atoms with Crippen LogP contribution >= 0.6 is 0 Å². The van der Waals surface area contributed by atoms with Crippen molar-refractivity contribution in [3.8, 4) is 0 Å². The number of hydrogen-bond donors (Lipinski definition) is 1. The summed E-state index contributed by atoms with van der Waals surface area (Å²) in [5, 5.41) is 12.8. The number of aliphatic carboxylic acids is 1. The van der Waals surface area contributed by atoms with Crippen molar-refractivity contribution in [2.45, 2.75) is 56.9 Å². The molecule has 0 radical (unpaired) electrons. The van der Waals surface area contributed by atoms with Crippen LogP contribution in [0.15, 0.2) is 10.6 Å². The summed E-state index contributed by atoms with van der Waals surface area (Å²) in [6, 6.07) is 1.75. The van der Waals surface area contributed by atoms with Crippen molar-refractivity contribution in [1.82, 2.24) is 10.1 Å². The van der Waals surface area contributed by atoms with Crippen LogP contribution < -0.4 is 0 Å². The number of carbonyl (C=O) groups is 2. The molecule has 1 aliphatic carbocycles. The topological polar surface area (TPSA) is 83.6 Å². The molecule has 1 N–H and O–H groups in total. The summed E-state index contributed by atoms with van der Waals surface area (Å²) < 4.78 is 5.20. The fourth-order valence-electron chi connectivity index (χ4n) is 2.96. The zero-order valence-corrected chi connectivity index (χ0v) is 12.0. The highest BCUT2D eigenvalue weighted by molar-refractivity contribution is 5.91. The number of likely N-dealkylation sites (tertiary alicyclic amines) is 1. The van der Waals surface area contributed by atoms with Gasteiger partial charge in [-0.05, 0) is 38.5 Å². The van der Waals surface area contributed by atoms with Gasteiger partial charge in [0.2, 0.25) is 5.76 Å². The number of carbonyl (C=O) groups excluding carboxylic acids is 1. The van der Waals surface area contributed by atoms with Crippen molar-refractivity contribution in [2.24, 2.45) is 0 Å². The Balaban J connectivity index is 1.68. The normalized spacial score (nSPS) is 22.3. The van der Waals surface area contributed by atoms with E-state index in [9.17, 15) is 9.59 Å². The molecule has 1 aromatic heterocycles.